The van der Waals surface area contributed by atoms with E-state index in [1.807, 2.05) is 47.9 Å². The summed E-state index contributed by atoms with van der Waals surface area (Å²) in [6.45, 7) is 3.85. The van der Waals surface area contributed by atoms with Crippen molar-refractivity contribution in [3.8, 4) is 0 Å². The van der Waals surface area contributed by atoms with Crippen LogP contribution in [0.2, 0.25) is 0 Å². The Morgan fingerprint density at radius 1 is 1.30 bits per heavy atom. The molecule has 1 fully saturated rings. The van der Waals surface area contributed by atoms with Crippen LogP contribution in [0.25, 0.3) is 6.08 Å². The molecule has 106 valence electrons. The molecule has 5 heteroatoms. The van der Waals surface area contributed by atoms with Crippen LogP contribution in [-0.2, 0) is 4.79 Å². The van der Waals surface area contributed by atoms with E-state index in [1.54, 1.807) is 6.08 Å². The molecule has 1 aliphatic rings. The number of nitrogens with zero attached hydrogens (tertiary/aromatic N) is 1. The number of benzene rings is 1. The lowest BCUT2D eigenvalue weighted by Crippen LogP contribution is -2.45. The molecule has 0 aliphatic carbocycles. The topological polar surface area (TPSA) is 32.3 Å². The number of thiocarbonyl (C=S) groups is 1. The second-order valence-electron chi connectivity index (χ2n) is 4.64. The number of hydrogen-bond donors (Lipinski definition) is 1. The number of carbonyl (C=O) groups is 1. The summed E-state index contributed by atoms with van der Waals surface area (Å²) >= 11 is 7.16. The predicted molar refractivity (Wildman–Crippen MR) is 89.9 cm³/mol. The first kappa shape index (κ1) is 15.1. The minimum absolute atomic E-state index is 0.172. The molecule has 3 nitrogen and oxygen atoms in total. The lowest BCUT2D eigenvalue weighted by molar-refractivity contribution is -0.115. The first-order chi connectivity index (χ1) is 9.65. The predicted octanol–water partition coefficient (Wildman–Crippen LogP) is 2.46. The van der Waals surface area contributed by atoms with Crippen LogP contribution in [0.5, 0.6) is 0 Å². The zero-order valence-corrected chi connectivity index (χ0v) is 13.1. The van der Waals surface area contributed by atoms with Crippen LogP contribution in [0.3, 0.4) is 0 Å². The molecule has 1 amide bonds. The van der Waals surface area contributed by atoms with Gasteiger partial charge in [0.15, 0.2) is 5.11 Å². The Hall–Kier alpha value is -1.33. The smallest absolute Gasteiger partial charge is 0.250 e. The molecule has 1 aliphatic heterocycles. The van der Waals surface area contributed by atoms with E-state index in [0.717, 1.165) is 30.2 Å². The lowest BCUT2D eigenvalue weighted by atomic mass is 10.1. The summed E-state index contributed by atoms with van der Waals surface area (Å²) in [5, 5.41) is 3.28. The summed E-state index contributed by atoms with van der Waals surface area (Å²) in [4.78, 5) is 13.9. The number of nitrogens with one attached hydrogen (secondary N) is 1. The van der Waals surface area contributed by atoms with Gasteiger partial charge in [0.1, 0.15) is 0 Å². The quantitative estimate of drug-likeness (QED) is 0.672. The average molecular weight is 306 g/mol. The normalized spacial score (nSPS) is 15.3. The molecule has 0 unspecified atom stereocenters. The van der Waals surface area contributed by atoms with E-state index in [4.69, 9.17) is 12.2 Å². The first-order valence-corrected chi connectivity index (χ1v) is 8.14. The van der Waals surface area contributed by atoms with E-state index in [0.29, 0.717) is 5.11 Å². The molecule has 1 aromatic rings. The minimum atomic E-state index is -0.172. The largest absolute Gasteiger partial charge is 0.347 e. The second kappa shape index (κ2) is 7.45. The molecule has 2 rings (SSSR count). The van der Waals surface area contributed by atoms with E-state index in [2.05, 4.69) is 5.32 Å². The second-order valence-corrected chi connectivity index (χ2v) is 6.25. The summed E-state index contributed by atoms with van der Waals surface area (Å²) < 4.78 is 0. The van der Waals surface area contributed by atoms with Gasteiger partial charge >= 0.3 is 0 Å². The van der Waals surface area contributed by atoms with Crippen LogP contribution < -0.4 is 5.32 Å². The highest BCUT2D eigenvalue weighted by molar-refractivity contribution is 7.99. The number of rotatable bonds is 2. The summed E-state index contributed by atoms with van der Waals surface area (Å²) in [5.74, 6) is 1.96. The maximum Gasteiger partial charge on any atom is 0.250 e. The van der Waals surface area contributed by atoms with E-state index in [9.17, 15) is 4.79 Å². The van der Waals surface area contributed by atoms with E-state index in [1.165, 1.54) is 11.6 Å². The Kier molecular flexibility index (Phi) is 5.61. The van der Waals surface area contributed by atoms with Crippen molar-refractivity contribution in [3.63, 3.8) is 0 Å². The Bertz CT molecular complexity index is 505. The molecule has 1 N–H and O–H groups in total. The Morgan fingerprint density at radius 3 is 2.60 bits per heavy atom. The van der Waals surface area contributed by atoms with Gasteiger partial charge in [0.05, 0.1) is 0 Å². The maximum atomic E-state index is 11.8. The third-order valence-corrected chi connectivity index (χ3v) is 4.34. The van der Waals surface area contributed by atoms with Gasteiger partial charge < -0.3 is 4.90 Å². The van der Waals surface area contributed by atoms with E-state index in [-0.39, 0.29) is 5.91 Å². The SMILES string of the molecule is Cc1ccc(C=CC(=O)NC(=S)N2CCSCC2)cc1. The van der Waals surface area contributed by atoms with Crippen molar-refractivity contribution in [1.82, 2.24) is 10.2 Å². The summed E-state index contributed by atoms with van der Waals surface area (Å²) in [6.07, 6.45) is 3.32. The van der Waals surface area contributed by atoms with Gasteiger partial charge in [-0.25, -0.2) is 0 Å². The molecule has 1 saturated heterocycles. The van der Waals surface area contributed by atoms with Crippen molar-refractivity contribution in [2.24, 2.45) is 0 Å². The van der Waals surface area contributed by atoms with Crippen LogP contribution >= 0.6 is 24.0 Å². The third-order valence-electron chi connectivity index (χ3n) is 3.03. The summed E-state index contributed by atoms with van der Waals surface area (Å²) in [5.41, 5.74) is 2.21. The molecule has 0 spiro atoms. The van der Waals surface area contributed by atoms with Crippen LogP contribution in [0, 0.1) is 6.92 Å². The van der Waals surface area contributed by atoms with Crippen LogP contribution in [0.15, 0.2) is 30.3 Å². The van der Waals surface area contributed by atoms with Gasteiger partial charge in [-0.3, -0.25) is 10.1 Å². The molecule has 0 radical (unpaired) electrons. The van der Waals surface area contributed by atoms with Crippen LogP contribution in [-0.4, -0.2) is 40.5 Å². The summed E-state index contributed by atoms with van der Waals surface area (Å²) in [7, 11) is 0. The molecular formula is C15H18N2OS2. The fourth-order valence-electron chi connectivity index (χ4n) is 1.84. The Balaban J connectivity index is 1.85. The highest BCUT2D eigenvalue weighted by Gasteiger charge is 2.14. The molecule has 20 heavy (non-hydrogen) atoms. The van der Waals surface area contributed by atoms with Crippen molar-refractivity contribution < 1.29 is 4.79 Å². The first-order valence-electron chi connectivity index (χ1n) is 6.57. The Morgan fingerprint density at radius 2 is 1.95 bits per heavy atom. The van der Waals surface area contributed by atoms with Crippen LogP contribution in [0.1, 0.15) is 11.1 Å². The monoisotopic (exact) mass is 306 g/mol. The van der Waals surface area contributed by atoms with E-state index < -0.39 is 0 Å². The minimum Gasteiger partial charge on any atom is -0.347 e. The molecule has 0 aromatic heterocycles. The molecule has 0 bridgehead atoms. The van der Waals surface area contributed by atoms with Gasteiger partial charge in [-0.2, -0.15) is 11.8 Å². The zero-order chi connectivity index (χ0) is 14.4. The molecule has 1 heterocycles. The highest BCUT2D eigenvalue weighted by Crippen LogP contribution is 2.09. The number of thioether (sulfide) groups is 1. The van der Waals surface area contributed by atoms with Gasteiger partial charge in [-0.15, -0.1) is 0 Å². The zero-order valence-electron chi connectivity index (χ0n) is 11.5. The molecule has 0 atom stereocenters. The van der Waals surface area contributed by atoms with Gasteiger partial charge in [-0.05, 0) is 30.8 Å². The average Bonchev–Trinajstić information content (AvgIpc) is 2.47. The number of amides is 1. The van der Waals surface area contributed by atoms with E-state index >= 15 is 0 Å². The lowest BCUT2D eigenvalue weighted by Gasteiger charge is -2.28. The van der Waals surface area contributed by atoms with Crippen molar-refractivity contribution in [2.75, 3.05) is 24.6 Å². The third kappa shape index (κ3) is 4.65. The van der Waals surface area contributed by atoms with Crippen molar-refractivity contribution >= 4 is 41.1 Å². The van der Waals surface area contributed by atoms with Gasteiger partial charge in [-0.1, -0.05) is 29.8 Å². The van der Waals surface area contributed by atoms with Crippen LogP contribution in [0.4, 0.5) is 0 Å². The molecule has 0 saturated carbocycles. The van der Waals surface area contributed by atoms with Crippen molar-refractivity contribution in [2.45, 2.75) is 6.92 Å². The number of hydrogen-bond acceptors (Lipinski definition) is 3. The Labute approximate surface area is 129 Å². The fourth-order valence-corrected chi connectivity index (χ4v) is 3.03. The van der Waals surface area contributed by atoms with Gasteiger partial charge in [0.25, 0.3) is 0 Å². The van der Waals surface area contributed by atoms with Crippen molar-refractivity contribution in [1.29, 1.82) is 0 Å². The van der Waals surface area contributed by atoms with Gasteiger partial charge in [0.2, 0.25) is 5.91 Å². The van der Waals surface area contributed by atoms with Gasteiger partial charge in [0, 0.05) is 30.7 Å². The highest BCUT2D eigenvalue weighted by atomic mass is 32.2. The number of carbonyl (C=O) groups excluding carboxylic acids is 1. The standard InChI is InChI=1S/C15H18N2OS2/c1-12-2-4-13(5-3-12)6-7-14(18)16-15(19)17-8-10-20-11-9-17/h2-7H,8-11H2,1H3,(H,16,18,19). The van der Waals surface area contributed by atoms with Crippen molar-refractivity contribution in [3.05, 3.63) is 41.5 Å². The maximum absolute atomic E-state index is 11.8. The molecule has 1 aromatic carbocycles. The summed E-state index contributed by atoms with van der Waals surface area (Å²) in [6, 6.07) is 8.01. The molecular weight excluding hydrogens is 288 g/mol. The fraction of sp³-hybridized carbons (Fsp3) is 0.333. The number of aryl methyl sites for hydroxylation is 1.